The molecule has 0 fully saturated rings. The van der Waals surface area contributed by atoms with E-state index in [-0.39, 0.29) is 0 Å². The normalized spacial score (nSPS) is 11.7. The zero-order valence-corrected chi connectivity index (χ0v) is 17.7. The van der Waals surface area contributed by atoms with Crippen LogP contribution in [-0.2, 0) is 6.54 Å². The Hall–Kier alpha value is -0.971. The molecule has 2 nitrogen and oxygen atoms in total. The van der Waals surface area contributed by atoms with E-state index in [4.69, 9.17) is 11.6 Å². The van der Waals surface area contributed by atoms with Crippen LogP contribution < -0.4 is 4.57 Å². The van der Waals surface area contributed by atoms with Gasteiger partial charge in [-0.15, -0.1) is 0 Å². The van der Waals surface area contributed by atoms with Crippen molar-refractivity contribution >= 4 is 65.2 Å². The minimum absolute atomic E-state index is 0.716. The molecular weight excluding hydrogens is 471 g/mol. The van der Waals surface area contributed by atoms with Gasteiger partial charge in [-0.2, -0.15) is 0 Å². The molecule has 0 N–H and O–H groups in total. The van der Waals surface area contributed by atoms with Crippen molar-refractivity contribution in [2.45, 2.75) is 13.5 Å². The number of aryl methyl sites for hydroxylation is 1. The summed E-state index contributed by atoms with van der Waals surface area (Å²) in [5, 5.41) is 3.99. The average Bonchev–Trinajstić information content (AvgIpc) is 2.93. The van der Waals surface area contributed by atoms with Gasteiger partial charge in [0.15, 0.2) is 0 Å². The third kappa shape index (κ3) is 4.35. The van der Waals surface area contributed by atoms with E-state index in [9.17, 15) is 0 Å². The van der Waals surface area contributed by atoms with Crippen molar-refractivity contribution in [2.75, 3.05) is 0 Å². The van der Waals surface area contributed by atoms with Crippen LogP contribution >= 0.6 is 38.9 Å². The van der Waals surface area contributed by atoms with E-state index in [1.807, 2.05) is 24.3 Å². The number of aromatic nitrogens is 1. The first-order chi connectivity index (χ1) is 11.5. The zero-order valence-electron chi connectivity index (χ0n) is 12.9. The zero-order chi connectivity index (χ0) is 17.1. The van der Waals surface area contributed by atoms with Crippen LogP contribution in [-0.4, -0.2) is 20.6 Å². The Labute approximate surface area is 167 Å². The second-order valence-electron chi connectivity index (χ2n) is 5.29. The summed E-state index contributed by atoms with van der Waals surface area (Å²) in [4.78, 5) is 4.68. The monoisotopic (exact) mass is 484 g/mol. The van der Waals surface area contributed by atoms with Gasteiger partial charge < -0.3 is 0 Å². The van der Waals surface area contributed by atoms with Crippen LogP contribution in [0.2, 0.25) is 5.02 Å². The SMILES string of the molecule is Cc1csc(C([Se-])=Nc2ccc(Cl)cc2)[n+]1Cc1ccc(Br)cc1. The first kappa shape index (κ1) is 17.8. The van der Waals surface area contributed by atoms with Crippen LogP contribution in [0.4, 0.5) is 5.69 Å². The molecule has 0 aliphatic carbocycles. The average molecular weight is 485 g/mol. The topological polar surface area (TPSA) is 16.2 Å². The van der Waals surface area contributed by atoms with Gasteiger partial charge >= 0.3 is 168 Å². The van der Waals surface area contributed by atoms with Crippen LogP contribution in [0, 0.1) is 6.92 Å². The van der Waals surface area contributed by atoms with Crippen LogP contribution in [0.5, 0.6) is 0 Å². The second-order valence-corrected chi connectivity index (χ2v) is 8.31. The molecule has 6 heteroatoms. The predicted molar refractivity (Wildman–Crippen MR) is 106 cm³/mol. The molecule has 0 unspecified atom stereocenters. The van der Waals surface area contributed by atoms with Crippen LogP contribution in [0.15, 0.2) is 63.4 Å². The Kier molecular flexibility index (Phi) is 5.90. The van der Waals surface area contributed by atoms with E-state index in [2.05, 4.69) is 78.1 Å². The Bertz CT molecular complexity index is 873. The van der Waals surface area contributed by atoms with Gasteiger partial charge in [0.2, 0.25) is 0 Å². The summed E-state index contributed by atoms with van der Waals surface area (Å²) < 4.78 is 4.25. The van der Waals surface area contributed by atoms with Crippen molar-refractivity contribution in [3.05, 3.63) is 79.7 Å². The van der Waals surface area contributed by atoms with Crippen molar-refractivity contribution in [2.24, 2.45) is 4.99 Å². The molecule has 0 aliphatic heterocycles. The summed E-state index contributed by atoms with van der Waals surface area (Å²) in [7, 11) is 0. The molecule has 0 saturated heterocycles. The molecule has 0 saturated carbocycles. The van der Waals surface area contributed by atoms with Crippen LogP contribution in [0.3, 0.4) is 0 Å². The quantitative estimate of drug-likeness (QED) is 0.280. The predicted octanol–water partition coefficient (Wildman–Crippen LogP) is 5.06. The molecular formula is C18H14BrClN2SSe. The molecule has 0 amide bonds. The second kappa shape index (κ2) is 7.94. The maximum absolute atomic E-state index is 5.93. The standard InChI is InChI=1S/C18H14BrClN2SSe/c1-12-11-23-18(17(24)21-16-8-6-15(20)7-9-16)22(12)10-13-2-4-14(19)5-3-13/h2-9,11H,10H2,1H3. The molecule has 2 aromatic carbocycles. The fraction of sp³-hybridized carbons (Fsp3) is 0.111. The number of halogens is 2. The number of benzene rings is 2. The molecule has 3 aromatic rings. The van der Waals surface area contributed by atoms with Gasteiger partial charge in [0, 0.05) is 0 Å². The van der Waals surface area contributed by atoms with Gasteiger partial charge in [-0.1, -0.05) is 0 Å². The summed E-state index contributed by atoms with van der Waals surface area (Å²) >= 11 is 14.2. The van der Waals surface area contributed by atoms with E-state index in [0.717, 1.165) is 26.3 Å². The molecule has 1 heterocycles. The molecule has 0 spiro atoms. The maximum atomic E-state index is 5.93. The number of hydrogen-bond acceptors (Lipinski definition) is 2. The number of thiazole rings is 1. The van der Waals surface area contributed by atoms with E-state index >= 15 is 0 Å². The van der Waals surface area contributed by atoms with Gasteiger partial charge in [-0.3, -0.25) is 0 Å². The number of rotatable bonds is 4. The minimum atomic E-state index is 0.716. The number of aliphatic imine (C=N–C) groups is 1. The molecule has 0 bridgehead atoms. The van der Waals surface area contributed by atoms with Gasteiger partial charge in [0.25, 0.3) is 0 Å². The Balaban J connectivity index is 1.91. The van der Waals surface area contributed by atoms with Crippen molar-refractivity contribution in [1.82, 2.24) is 0 Å². The summed E-state index contributed by atoms with van der Waals surface area (Å²) in [5.74, 6) is 0. The van der Waals surface area contributed by atoms with Gasteiger partial charge in [-0.25, -0.2) is 0 Å². The Morgan fingerprint density at radius 1 is 1.17 bits per heavy atom. The van der Waals surface area contributed by atoms with E-state index in [0.29, 0.717) is 5.02 Å². The molecule has 0 aliphatic rings. The number of nitrogens with zero attached hydrogens (tertiary/aromatic N) is 2. The molecule has 0 atom stereocenters. The fourth-order valence-corrected chi connectivity index (χ4v) is 4.28. The first-order valence-electron chi connectivity index (χ1n) is 7.27. The van der Waals surface area contributed by atoms with Crippen molar-refractivity contribution < 1.29 is 4.57 Å². The van der Waals surface area contributed by atoms with E-state index in [1.54, 1.807) is 11.3 Å². The molecule has 24 heavy (non-hydrogen) atoms. The molecule has 0 radical (unpaired) electrons. The third-order valence-electron chi connectivity index (χ3n) is 3.51. The molecule has 122 valence electrons. The first-order valence-corrected chi connectivity index (χ1v) is 10.2. The third-order valence-corrected chi connectivity index (χ3v) is 6.27. The fourth-order valence-electron chi connectivity index (χ4n) is 2.24. The van der Waals surface area contributed by atoms with Crippen LogP contribution in [0.1, 0.15) is 16.3 Å². The summed E-state index contributed by atoms with van der Waals surface area (Å²) in [6.45, 7) is 2.94. The summed E-state index contributed by atoms with van der Waals surface area (Å²) in [5.41, 5.74) is 3.36. The number of hydrogen-bond donors (Lipinski definition) is 0. The summed E-state index contributed by atoms with van der Waals surface area (Å²) in [6, 6.07) is 15.9. The van der Waals surface area contributed by atoms with Gasteiger partial charge in [-0.05, 0) is 0 Å². The molecule has 1 aromatic heterocycles. The Morgan fingerprint density at radius 3 is 2.50 bits per heavy atom. The molecule has 3 rings (SSSR count). The van der Waals surface area contributed by atoms with Crippen molar-refractivity contribution in [3.63, 3.8) is 0 Å². The van der Waals surface area contributed by atoms with Gasteiger partial charge in [0.05, 0.1) is 0 Å². The van der Waals surface area contributed by atoms with Gasteiger partial charge in [0.1, 0.15) is 0 Å². The van der Waals surface area contributed by atoms with Crippen molar-refractivity contribution in [1.29, 1.82) is 0 Å². The Morgan fingerprint density at radius 2 is 1.83 bits per heavy atom. The summed E-state index contributed by atoms with van der Waals surface area (Å²) in [6.07, 6.45) is 0. The van der Waals surface area contributed by atoms with Crippen molar-refractivity contribution in [3.8, 4) is 0 Å². The van der Waals surface area contributed by atoms with E-state index < -0.39 is 0 Å². The van der Waals surface area contributed by atoms with E-state index in [1.165, 1.54) is 11.3 Å². The van der Waals surface area contributed by atoms with Crippen LogP contribution in [0.25, 0.3) is 0 Å².